The Morgan fingerprint density at radius 2 is 2.38 bits per heavy atom. The zero-order valence-electron chi connectivity index (χ0n) is 7.87. The Morgan fingerprint density at radius 3 is 3.00 bits per heavy atom. The van der Waals surface area contributed by atoms with E-state index in [0.29, 0.717) is 11.5 Å². The van der Waals surface area contributed by atoms with Crippen molar-refractivity contribution in [2.75, 3.05) is 6.61 Å². The molecule has 0 bridgehead atoms. The number of aromatic nitrogens is 1. The van der Waals surface area contributed by atoms with Crippen molar-refractivity contribution in [1.82, 2.24) is 4.98 Å². The zero-order valence-corrected chi connectivity index (χ0v) is 8.69. The van der Waals surface area contributed by atoms with E-state index in [1.54, 1.807) is 12.4 Å². The molecule has 0 unspecified atom stereocenters. The summed E-state index contributed by atoms with van der Waals surface area (Å²) < 4.78 is 4.90. The van der Waals surface area contributed by atoms with E-state index in [0.717, 1.165) is 18.5 Å². The molecule has 0 aliphatic heterocycles. The van der Waals surface area contributed by atoms with E-state index < -0.39 is 0 Å². The Morgan fingerprint density at radius 1 is 1.62 bits per heavy atom. The Balaban J connectivity index is 2.74. The molecule has 0 fully saturated rings. The van der Waals surface area contributed by atoms with Gasteiger partial charge in [-0.05, 0) is 13.3 Å². The van der Waals surface area contributed by atoms with Crippen molar-refractivity contribution in [3.8, 4) is 0 Å². The molecule has 1 heterocycles. The normalized spacial score (nSPS) is 10.0. The molecule has 0 saturated heterocycles. The number of nitrogens with zero attached hydrogens (tertiary/aromatic N) is 1. The van der Waals surface area contributed by atoms with Gasteiger partial charge in [0.05, 0.1) is 17.8 Å². The average Bonchev–Trinajstić information content (AvgIpc) is 2.54. The number of carbonyl (C=O) groups is 1. The number of carbonyl (C=O) groups excluding carboxylic acids is 1. The van der Waals surface area contributed by atoms with Crippen molar-refractivity contribution in [3.63, 3.8) is 0 Å². The first-order chi connectivity index (χ1) is 6.29. The second kappa shape index (κ2) is 4.97. The third kappa shape index (κ3) is 2.52. The van der Waals surface area contributed by atoms with Gasteiger partial charge in [-0.2, -0.15) is 0 Å². The number of hydrogen-bond donors (Lipinski definition) is 0. The molecule has 0 aromatic carbocycles. The van der Waals surface area contributed by atoms with Crippen molar-refractivity contribution >= 4 is 17.3 Å². The quantitative estimate of drug-likeness (QED) is 0.698. The van der Waals surface area contributed by atoms with Gasteiger partial charge in [-0.1, -0.05) is 13.3 Å². The van der Waals surface area contributed by atoms with E-state index >= 15 is 0 Å². The van der Waals surface area contributed by atoms with Crippen LogP contribution < -0.4 is 0 Å². The minimum Gasteiger partial charge on any atom is -0.462 e. The van der Waals surface area contributed by atoms with Crippen LogP contribution in [0.25, 0.3) is 0 Å². The largest absolute Gasteiger partial charge is 0.462 e. The molecule has 1 aromatic heterocycles. The topological polar surface area (TPSA) is 39.2 Å². The van der Waals surface area contributed by atoms with Gasteiger partial charge in [0, 0.05) is 0 Å². The molecule has 1 rings (SSSR count). The number of esters is 1. The molecule has 13 heavy (non-hydrogen) atoms. The minimum atomic E-state index is -0.242. The summed E-state index contributed by atoms with van der Waals surface area (Å²) in [6.45, 7) is 4.29. The van der Waals surface area contributed by atoms with Gasteiger partial charge in [0.15, 0.2) is 0 Å². The molecule has 3 nitrogen and oxygen atoms in total. The summed E-state index contributed by atoms with van der Waals surface area (Å²) in [4.78, 5) is 16.1. The molecular weight excluding hydrogens is 186 g/mol. The van der Waals surface area contributed by atoms with E-state index in [1.807, 2.05) is 0 Å². The van der Waals surface area contributed by atoms with E-state index in [4.69, 9.17) is 4.74 Å². The molecule has 0 radical (unpaired) electrons. The van der Waals surface area contributed by atoms with Crippen LogP contribution in [0.2, 0.25) is 0 Å². The summed E-state index contributed by atoms with van der Waals surface area (Å²) in [7, 11) is 0. The Hall–Kier alpha value is -0.900. The monoisotopic (exact) mass is 199 g/mol. The molecule has 1 aromatic rings. The summed E-state index contributed by atoms with van der Waals surface area (Å²) in [5.41, 5.74) is 2.56. The van der Waals surface area contributed by atoms with Gasteiger partial charge in [-0.15, -0.1) is 11.3 Å². The van der Waals surface area contributed by atoms with Crippen LogP contribution in [0.4, 0.5) is 0 Å². The fraction of sp³-hybridized carbons (Fsp3) is 0.556. The fourth-order valence-corrected chi connectivity index (χ4v) is 1.78. The van der Waals surface area contributed by atoms with Crippen molar-refractivity contribution < 1.29 is 9.53 Å². The molecule has 0 saturated carbocycles. The van der Waals surface area contributed by atoms with Gasteiger partial charge in [-0.3, -0.25) is 0 Å². The SMILES string of the molecule is CCCc1ncsc1C(=O)OCC. The van der Waals surface area contributed by atoms with Gasteiger partial charge in [0.2, 0.25) is 0 Å². The highest BCUT2D eigenvalue weighted by Crippen LogP contribution is 2.16. The van der Waals surface area contributed by atoms with Crippen LogP contribution in [0, 0.1) is 0 Å². The summed E-state index contributed by atoms with van der Waals surface area (Å²) in [6, 6.07) is 0. The van der Waals surface area contributed by atoms with Crippen LogP contribution in [-0.4, -0.2) is 17.6 Å². The molecule has 0 aliphatic rings. The lowest BCUT2D eigenvalue weighted by Crippen LogP contribution is -2.05. The lowest BCUT2D eigenvalue weighted by molar-refractivity contribution is 0.0530. The highest BCUT2D eigenvalue weighted by atomic mass is 32.1. The molecule has 4 heteroatoms. The maximum absolute atomic E-state index is 11.3. The molecule has 0 aliphatic carbocycles. The maximum Gasteiger partial charge on any atom is 0.350 e. The number of rotatable bonds is 4. The summed E-state index contributed by atoms with van der Waals surface area (Å²) >= 11 is 1.35. The molecule has 0 atom stereocenters. The molecule has 0 spiro atoms. The van der Waals surface area contributed by atoms with Crippen LogP contribution in [-0.2, 0) is 11.2 Å². The summed E-state index contributed by atoms with van der Waals surface area (Å²) in [5, 5.41) is 0. The van der Waals surface area contributed by atoms with E-state index in [1.165, 1.54) is 11.3 Å². The van der Waals surface area contributed by atoms with Crippen LogP contribution in [0.3, 0.4) is 0 Å². The van der Waals surface area contributed by atoms with Crippen LogP contribution in [0.1, 0.15) is 35.6 Å². The third-order valence-electron chi connectivity index (χ3n) is 1.59. The van der Waals surface area contributed by atoms with Gasteiger partial charge in [-0.25, -0.2) is 9.78 Å². The van der Waals surface area contributed by atoms with Crippen LogP contribution in [0.5, 0.6) is 0 Å². The second-order valence-corrected chi connectivity index (χ2v) is 3.45. The van der Waals surface area contributed by atoms with E-state index in [2.05, 4.69) is 11.9 Å². The highest BCUT2D eigenvalue weighted by Gasteiger charge is 2.14. The van der Waals surface area contributed by atoms with Gasteiger partial charge < -0.3 is 4.74 Å². The highest BCUT2D eigenvalue weighted by molar-refractivity contribution is 7.11. The summed E-state index contributed by atoms with van der Waals surface area (Å²) in [6.07, 6.45) is 1.84. The van der Waals surface area contributed by atoms with Gasteiger partial charge in [0.25, 0.3) is 0 Å². The Bertz CT molecular complexity index is 283. The van der Waals surface area contributed by atoms with Crippen molar-refractivity contribution in [1.29, 1.82) is 0 Å². The lowest BCUT2D eigenvalue weighted by atomic mass is 10.2. The van der Waals surface area contributed by atoms with Crippen molar-refractivity contribution in [2.24, 2.45) is 0 Å². The Labute approximate surface area is 81.8 Å². The number of thiazole rings is 1. The standard InChI is InChI=1S/C9H13NO2S/c1-3-5-7-8(13-6-10-7)9(11)12-4-2/h6H,3-5H2,1-2H3. The summed E-state index contributed by atoms with van der Waals surface area (Å²) in [5.74, 6) is -0.242. The molecule has 0 amide bonds. The first-order valence-electron chi connectivity index (χ1n) is 4.39. The van der Waals surface area contributed by atoms with Gasteiger partial charge in [0.1, 0.15) is 4.88 Å². The number of hydrogen-bond acceptors (Lipinski definition) is 4. The Kier molecular flexibility index (Phi) is 3.89. The predicted molar refractivity (Wildman–Crippen MR) is 52.1 cm³/mol. The zero-order chi connectivity index (χ0) is 9.68. The number of aryl methyl sites for hydroxylation is 1. The van der Waals surface area contributed by atoms with Crippen LogP contribution >= 0.6 is 11.3 Å². The minimum absolute atomic E-state index is 0.242. The van der Waals surface area contributed by atoms with Gasteiger partial charge >= 0.3 is 5.97 Å². The van der Waals surface area contributed by atoms with E-state index in [-0.39, 0.29) is 5.97 Å². The predicted octanol–water partition coefficient (Wildman–Crippen LogP) is 2.27. The third-order valence-corrected chi connectivity index (χ3v) is 2.44. The van der Waals surface area contributed by atoms with E-state index in [9.17, 15) is 4.79 Å². The fourth-order valence-electron chi connectivity index (χ4n) is 1.05. The smallest absolute Gasteiger partial charge is 0.350 e. The molecule has 0 N–H and O–H groups in total. The average molecular weight is 199 g/mol. The first kappa shape index (κ1) is 10.2. The second-order valence-electron chi connectivity index (χ2n) is 2.60. The van der Waals surface area contributed by atoms with Crippen molar-refractivity contribution in [2.45, 2.75) is 26.7 Å². The number of ether oxygens (including phenoxy) is 1. The first-order valence-corrected chi connectivity index (χ1v) is 5.27. The maximum atomic E-state index is 11.3. The molecule has 72 valence electrons. The molecular formula is C9H13NO2S. The van der Waals surface area contributed by atoms with Crippen LogP contribution in [0.15, 0.2) is 5.51 Å². The van der Waals surface area contributed by atoms with Crippen molar-refractivity contribution in [3.05, 3.63) is 16.1 Å². The lowest BCUT2D eigenvalue weighted by Gasteiger charge is -2.00.